The van der Waals surface area contributed by atoms with Crippen molar-refractivity contribution >= 4 is 56.5 Å². The summed E-state index contributed by atoms with van der Waals surface area (Å²) in [5.41, 5.74) is 2.16. The van der Waals surface area contributed by atoms with Gasteiger partial charge >= 0.3 is 0 Å². The first kappa shape index (κ1) is 16.5. The SMILES string of the molecule is O=c1[nH]c(SCc2ccc(Cl)cc2Cl)nc2sc3c(c12)CCCC3. The fraction of sp³-hybridized carbons (Fsp3) is 0.294. The molecular formula is C17H14Cl2N2OS2. The highest BCUT2D eigenvalue weighted by Gasteiger charge is 2.19. The Labute approximate surface area is 157 Å². The number of hydrogen-bond acceptors (Lipinski definition) is 4. The molecule has 1 N–H and O–H groups in total. The van der Waals surface area contributed by atoms with Crippen LogP contribution in [0.1, 0.15) is 28.8 Å². The molecule has 24 heavy (non-hydrogen) atoms. The summed E-state index contributed by atoms with van der Waals surface area (Å²) in [6, 6.07) is 5.44. The van der Waals surface area contributed by atoms with Gasteiger partial charge < -0.3 is 4.98 Å². The maximum atomic E-state index is 12.5. The predicted molar refractivity (Wildman–Crippen MR) is 103 cm³/mol. The van der Waals surface area contributed by atoms with Crippen molar-refractivity contribution in [3.8, 4) is 0 Å². The van der Waals surface area contributed by atoms with Gasteiger partial charge in [0.15, 0.2) is 5.16 Å². The third-order valence-electron chi connectivity index (χ3n) is 4.18. The molecule has 2 heterocycles. The van der Waals surface area contributed by atoms with Crippen LogP contribution in [0.15, 0.2) is 28.2 Å². The maximum Gasteiger partial charge on any atom is 0.260 e. The van der Waals surface area contributed by atoms with Crippen LogP contribution in [-0.2, 0) is 18.6 Å². The molecule has 0 fully saturated rings. The number of thiophene rings is 1. The molecule has 4 rings (SSSR count). The van der Waals surface area contributed by atoms with E-state index in [0.717, 1.165) is 35.0 Å². The van der Waals surface area contributed by atoms with Crippen molar-refractivity contribution < 1.29 is 0 Å². The molecule has 0 saturated heterocycles. The van der Waals surface area contributed by atoms with E-state index in [2.05, 4.69) is 9.97 Å². The van der Waals surface area contributed by atoms with Crippen molar-refractivity contribution in [1.82, 2.24) is 9.97 Å². The fourth-order valence-electron chi connectivity index (χ4n) is 3.00. The minimum Gasteiger partial charge on any atom is -0.301 e. The zero-order valence-electron chi connectivity index (χ0n) is 12.7. The van der Waals surface area contributed by atoms with E-state index in [-0.39, 0.29) is 5.56 Å². The lowest BCUT2D eigenvalue weighted by Crippen LogP contribution is -2.10. The normalized spacial score (nSPS) is 14.1. The summed E-state index contributed by atoms with van der Waals surface area (Å²) in [6.45, 7) is 0. The summed E-state index contributed by atoms with van der Waals surface area (Å²) in [4.78, 5) is 22.3. The number of nitrogens with zero attached hydrogens (tertiary/aromatic N) is 1. The molecule has 3 aromatic rings. The third-order valence-corrected chi connectivity index (χ3v) is 6.88. The van der Waals surface area contributed by atoms with Crippen LogP contribution in [0.25, 0.3) is 10.2 Å². The number of aryl methyl sites for hydroxylation is 2. The van der Waals surface area contributed by atoms with E-state index >= 15 is 0 Å². The summed E-state index contributed by atoms with van der Waals surface area (Å²) in [7, 11) is 0. The van der Waals surface area contributed by atoms with E-state index in [0.29, 0.717) is 21.0 Å². The Morgan fingerprint density at radius 3 is 2.92 bits per heavy atom. The smallest absolute Gasteiger partial charge is 0.260 e. The lowest BCUT2D eigenvalue weighted by atomic mass is 9.97. The van der Waals surface area contributed by atoms with Crippen molar-refractivity contribution in [2.45, 2.75) is 36.6 Å². The van der Waals surface area contributed by atoms with E-state index in [4.69, 9.17) is 23.2 Å². The first-order valence-corrected chi connectivity index (χ1v) is 10.3. The van der Waals surface area contributed by atoms with E-state index in [9.17, 15) is 4.79 Å². The molecule has 0 radical (unpaired) electrons. The van der Waals surface area contributed by atoms with Gasteiger partial charge in [-0.05, 0) is 48.9 Å². The molecule has 0 unspecified atom stereocenters. The molecule has 1 aliphatic carbocycles. The second-order valence-electron chi connectivity index (χ2n) is 5.79. The first-order valence-electron chi connectivity index (χ1n) is 7.73. The number of aromatic amines is 1. The first-order chi connectivity index (χ1) is 11.6. The van der Waals surface area contributed by atoms with Gasteiger partial charge in [-0.2, -0.15) is 0 Å². The number of hydrogen-bond donors (Lipinski definition) is 1. The van der Waals surface area contributed by atoms with Gasteiger partial charge in [0.05, 0.1) is 5.39 Å². The minimum absolute atomic E-state index is 0.0240. The molecule has 0 spiro atoms. The largest absolute Gasteiger partial charge is 0.301 e. The number of benzene rings is 1. The molecule has 7 heteroatoms. The number of H-pyrrole nitrogens is 1. The summed E-state index contributed by atoms with van der Waals surface area (Å²) in [6.07, 6.45) is 4.42. The second kappa shape index (κ2) is 6.71. The average Bonchev–Trinajstić information content (AvgIpc) is 2.92. The number of halogens is 2. The zero-order valence-corrected chi connectivity index (χ0v) is 15.8. The summed E-state index contributed by atoms with van der Waals surface area (Å²) >= 11 is 15.3. The number of fused-ring (bicyclic) bond motifs is 3. The fourth-order valence-corrected chi connectivity index (χ4v) is 5.74. The van der Waals surface area contributed by atoms with Gasteiger partial charge in [-0.25, -0.2) is 4.98 Å². The van der Waals surface area contributed by atoms with Gasteiger partial charge in [-0.15, -0.1) is 11.3 Å². The number of aromatic nitrogens is 2. The Morgan fingerprint density at radius 2 is 2.08 bits per heavy atom. The van der Waals surface area contributed by atoms with Crippen molar-refractivity contribution in [3.63, 3.8) is 0 Å². The topological polar surface area (TPSA) is 45.8 Å². The molecular weight excluding hydrogens is 383 g/mol. The van der Waals surface area contributed by atoms with Gasteiger partial charge in [0, 0.05) is 20.7 Å². The molecule has 0 saturated carbocycles. The molecule has 3 nitrogen and oxygen atoms in total. The van der Waals surface area contributed by atoms with Crippen molar-refractivity contribution in [2.75, 3.05) is 0 Å². The van der Waals surface area contributed by atoms with Gasteiger partial charge in [0.2, 0.25) is 0 Å². The van der Waals surface area contributed by atoms with Gasteiger partial charge in [0.1, 0.15) is 4.83 Å². The molecule has 1 aromatic carbocycles. The number of thioether (sulfide) groups is 1. The molecule has 0 atom stereocenters. The van der Waals surface area contributed by atoms with E-state index < -0.39 is 0 Å². The Kier molecular flexibility index (Phi) is 4.60. The van der Waals surface area contributed by atoms with Crippen LogP contribution in [0.4, 0.5) is 0 Å². The molecule has 0 amide bonds. The van der Waals surface area contributed by atoms with Crippen LogP contribution < -0.4 is 5.56 Å². The van der Waals surface area contributed by atoms with E-state index in [1.165, 1.54) is 28.6 Å². The van der Waals surface area contributed by atoms with E-state index in [1.54, 1.807) is 17.4 Å². The number of nitrogens with one attached hydrogen (secondary N) is 1. The number of rotatable bonds is 3. The van der Waals surface area contributed by atoms with Crippen LogP contribution >= 0.6 is 46.3 Å². The zero-order chi connectivity index (χ0) is 16.7. The molecule has 1 aliphatic rings. The molecule has 0 bridgehead atoms. The standard InChI is InChI=1S/C17H14Cl2N2OS2/c18-10-6-5-9(12(19)7-10)8-23-17-20-15(22)14-11-3-1-2-4-13(11)24-16(14)21-17/h5-7H,1-4,8H2,(H,20,21,22). The Balaban J connectivity index is 1.64. The Hall–Kier alpha value is -1.01. The Bertz CT molecular complexity index is 981. The lowest BCUT2D eigenvalue weighted by Gasteiger charge is -2.09. The van der Waals surface area contributed by atoms with Crippen molar-refractivity contribution in [1.29, 1.82) is 0 Å². The van der Waals surface area contributed by atoms with Crippen molar-refractivity contribution in [3.05, 3.63) is 54.6 Å². The molecule has 124 valence electrons. The van der Waals surface area contributed by atoms with Crippen LogP contribution in [0.5, 0.6) is 0 Å². The minimum atomic E-state index is -0.0240. The second-order valence-corrected chi connectivity index (χ2v) is 8.68. The summed E-state index contributed by atoms with van der Waals surface area (Å²) < 4.78 is 0. The highest BCUT2D eigenvalue weighted by atomic mass is 35.5. The average molecular weight is 397 g/mol. The van der Waals surface area contributed by atoms with Gasteiger partial charge in [-0.3, -0.25) is 4.79 Å². The highest BCUT2D eigenvalue weighted by molar-refractivity contribution is 7.98. The molecule has 2 aromatic heterocycles. The predicted octanol–water partition coefficient (Wildman–Crippen LogP) is 5.46. The van der Waals surface area contributed by atoms with Crippen molar-refractivity contribution in [2.24, 2.45) is 0 Å². The monoisotopic (exact) mass is 396 g/mol. The van der Waals surface area contributed by atoms with Gasteiger partial charge in [0.25, 0.3) is 5.56 Å². The van der Waals surface area contributed by atoms with Crippen LogP contribution in [0.3, 0.4) is 0 Å². The third kappa shape index (κ3) is 3.10. The maximum absolute atomic E-state index is 12.5. The summed E-state index contributed by atoms with van der Waals surface area (Å²) in [5.74, 6) is 0.634. The highest BCUT2D eigenvalue weighted by Crippen LogP contribution is 2.34. The quantitative estimate of drug-likeness (QED) is 0.471. The lowest BCUT2D eigenvalue weighted by molar-refractivity contribution is 0.700. The Morgan fingerprint density at radius 1 is 1.25 bits per heavy atom. The van der Waals surface area contributed by atoms with Crippen LogP contribution in [0.2, 0.25) is 10.0 Å². The van der Waals surface area contributed by atoms with Gasteiger partial charge in [-0.1, -0.05) is 41.0 Å². The van der Waals surface area contributed by atoms with E-state index in [1.807, 2.05) is 12.1 Å². The van der Waals surface area contributed by atoms with Crippen LogP contribution in [-0.4, -0.2) is 9.97 Å². The van der Waals surface area contributed by atoms with Crippen LogP contribution in [0, 0.1) is 0 Å². The molecule has 0 aliphatic heterocycles. The summed E-state index contributed by atoms with van der Waals surface area (Å²) in [5, 5.41) is 2.68.